The molecule has 1 aromatic carbocycles. The number of nitrogens with zero attached hydrogens (tertiary/aromatic N) is 4. The molecule has 0 aliphatic carbocycles. The van der Waals surface area contributed by atoms with Crippen LogP contribution in [0.3, 0.4) is 0 Å². The monoisotopic (exact) mass is 429 g/mol. The second-order valence-corrected chi connectivity index (χ2v) is 7.06. The van der Waals surface area contributed by atoms with Gasteiger partial charge in [0, 0.05) is 12.1 Å². The highest BCUT2D eigenvalue weighted by atomic mass is 32.2. The smallest absolute Gasteiger partial charge is 0.250 e. The Morgan fingerprint density at radius 1 is 1.23 bits per heavy atom. The number of aromatic nitrogens is 3. The van der Waals surface area contributed by atoms with Gasteiger partial charge in [0.1, 0.15) is 11.5 Å². The zero-order valence-electron chi connectivity index (χ0n) is 17.2. The lowest BCUT2D eigenvalue weighted by Gasteiger charge is -2.10. The summed E-state index contributed by atoms with van der Waals surface area (Å²) in [6, 6.07) is 9.11. The van der Waals surface area contributed by atoms with Crippen molar-refractivity contribution < 1.29 is 18.7 Å². The highest BCUT2D eigenvalue weighted by Gasteiger charge is 2.16. The average molecular weight is 430 g/mol. The molecule has 0 unspecified atom stereocenters. The molecule has 1 amide bonds. The Morgan fingerprint density at radius 2 is 2.03 bits per heavy atom. The number of ether oxygens (including phenoxy) is 2. The Balaban J connectivity index is 1.69. The van der Waals surface area contributed by atoms with Crippen LogP contribution in [0.15, 0.2) is 51.3 Å². The molecule has 0 radical (unpaired) electrons. The molecule has 2 aromatic heterocycles. The Hall–Kier alpha value is -3.27. The summed E-state index contributed by atoms with van der Waals surface area (Å²) in [5, 5.41) is 13.2. The van der Waals surface area contributed by atoms with Crippen molar-refractivity contribution in [1.82, 2.24) is 20.2 Å². The van der Waals surface area contributed by atoms with Gasteiger partial charge in [-0.3, -0.25) is 4.79 Å². The zero-order chi connectivity index (χ0) is 21.5. The molecule has 3 aromatic rings. The van der Waals surface area contributed by atoms with Crippen LogP contribution in [0.2, 0.25) is 0 Å². The highest BCUT2D eigenvalue weighted by Crippen LogP contribution is 2.32. The van der Waals surface area contributed by atoms with E-state index >= 15 is 0 Å². The summed E-state index contributed by atoms with van der Waals surface area (Å²) in [6.45, 7) is 4.40. The summed E-state index contributed by atoms with van der Waals surface area (Å²) in [5.41, 5.74) is 3.96. The van der Waals surface area contributed by atoms with Gasteiger partial charge in [-0.2, -0.15) is 5.10 Å². The molecular weight excluding hydrogens is 406 g/mol. The number of benzene rings is 1. The van der Waals surface area contributed by atoms with Crippen LogP contribution in [-0.4, -0.2) is 46.4 Å². The summed E-state index contributed by atoms with van der Waals surface area (Å²) in [4.78, 5) is 12.2. The number of thioether (sulfide) groups is 1. The van der Waals surface area contributed by atoms with Crippen molar-refractivity contribution in [2.24, 2.45) is 5.10 Å². The number of hydrogen-bond donors (Lipinski definition) is 1. The van der Waals surface area contributed by atoms with Crippen molar-refractivity contribution in [1.29, 1.82) is 0 Å². The molecule has 158 valence electrons. The number of nitrogens with one attached hydrogen (secondary N) is 1. The summed E-state index contributed by atoms with van der Waals surface area (Å²) in [5.74, 6) is 2.45. The number of hydrogen-bond acceptors (Lipinski definition) is 8. The van der Waals surface area contributed by atoms with E-state index in [4.69, 9.17) is 13.9 Å². The predicted molar refractivity (Wildman–Crippen MR) is 114 cm³/mol. The minimum atomic E-state index is -0.246. The Kier molecular flexibility index (Phi) is 7.12. The van der Waals surface area contributed by atoms with E-state index in [9.17, 15) is 4.79 Å². The molecule has 0 atom stereocenters. The van der Waals surface area contributed by atoms with E-state index in [1.807, 2.05) is 29.7 Å². The minimum Gasteiger partial charge on any atom is -0.493 e. The SMILES string of the molecule is CCn1c(SCC(=O)NN=C(C)c2ccco2)nnc1-c1ccc(OC)c(OC)c1. The standard InChI is InChI=1S/C20H23N5O4S/c1-5-25-19(14-8-9-16(27-3)17(11-14)28-4)23-24-20(25)30-12-18(26)22-21-13(2)15-7-6-10-29-15/h6-11H,5,12H2,1-4H3,(H,22,26). The van der Waals surface area contributed by atoms with Crippen LogP contribution < -0.4 is 14.9 Å². The largest absolute Gasteiger partial charge is 0.493 e. The maximum atomic E-state index is 12.2. The van der Waals surface area contributed by atoms with E-state index in [0.717, 1.165) is 5.56 Å². The predicted octanol–water partition coefficient (Wildman–Crippen LogP) is 3.21. The normalized spacial score (nSPS) is 11.4. The van der Waals surface area contributed by atoms with Crippen LogP contribution in [0, 0.1) is 0 Å². The lowest BCUT2D eigenvalue weighted by molar-refractivity contribution is -0.118. The number of rotatable bonds is 9. The van der Waals surface area contributed by atoms with E-state index < -0.39 is 0 Å². The van der Waals surface area contributed by atoms with Gasteiger partial charge < -0.3 is 18.5 Å². The maximum Gasteiger partial charge on any atom is 0.250 e. The average Bonchev–Trinajstić information content (AvgIpc) is 3.45. The van der Waals surface area contributed by atoms with Gasteiger partial charge in [-0.05, 0) is 44.2 Å². The number of amides is 1. The Labute approximate surface area is 178 Å². The molecule has 2 heterocycles. The number of carbonyl (C=O) groups excluding carboxylic acids is 1. The quantitative estimate of drug-likeness (QED) is 0.316. The van der Waals surface area contributed by atoms with Gasteiger partial charge in [-0.1, -0.05) is 11.8 Å². The molecule has 1 N–H and O–H groups in total. The third-order valence-electron chi connectivity index (χ3n) is 4.23. The van der Waals surface area contributed by atoms with E-state index in [0.29, 0.717) is 40.5 Å². The molecular formula is C20H23N5O4S. The van der Waals surface area contributed by atoms with Crippen molar-refractivity contribution in [2.45, 2.75) is 25.5 Å². The molecule has 9 nitrogen and oxygen atoms in total. The lowest BCUT2D eigenvalue weighted by Crippen LogP contribution is -2.21. The molecule has 0 aliphatic heterocycles. The number of furan rings is 1. The van der Waals surface area contributed by atoms with Crippen LogP contribution in [0.25, 0.3) is 11.4 Å². The number of carbonyl (C=O) groups is 1. The third-order valence-corrected chi connectivity index (χ3v) is 5.20. The van der Waals surface area contributed by atoms with Crippen LogP contribution in [-0.2, 0) is 11.3 Å². The summed E-state index contributed by atoms with van der Waals surface area (Å²) >= 11 is 1.29. The molecule has 0 saturated carbocycles. The van der Waals surface area contributed by atoms with E-state index in [1.165, 1.54) is 11.8 Å². The maximum absolute atomic E-state index is 12.2. The molecule has 0 spiro atoms. The molecule has 0 fully saturated rings. The van der Waals surface area contributed by atoms with Gasteiger partial charge in [-0.25, -0.2) is 5.43 Å². The summed E-state index contributed by atoms with van der Waals surface area (Å²) < 4.78 is 17.8. The lowest BCUT2D eigenvalue weighted by atomic mass is 10.2. The van der Waals surface area contributed by atoms with Crippen LogP contribution in [0.4, 0.5) is 0 Å². The van der Waals surface area contributed by atoms with E-state index in [1.54, 1.807) is 39.5 Å². The van der Waals surface area contributed by atoms with Gasteiger partial charge in [0.15, 0.2) is 22.5 Å². The van der Waals surface area contributed by atoms with Gasteiger partial charge in [0.2, 0.25) is 0 Å². The first-order chi connectivity index (χ1) is 14.6. The van der Waals surface area contributed by atoms with Crippen molar-refractivity contribution in [3.8, 4) is 22.9 Å². The van der Waals surface area contributed by atoms with Gasteiger partial charge >= 0.3 is 0 Å². The number of methoxy groups -OCH3 is 2. The van der Waals surface area contributed by atoms with Gasteiger partial charge in [0.05, 0.1) is 26.2 Å². The minimum absolute atomic E-state index is 0.152. The first-order valence-electron chi connectivity index (χ1n) is 9.22. The van der Waals surface area contributed by atoms with Crippen molar-refractivity contribution >= 4 is 23.4 Å². The second-order valence-electron chi connectivity index (χ2n) is 6.12. The fraction of sp³-hybridized carbons (Fsp3) is 0.300. The Bertz CT molecular complexity index is 1030. The third kappa shape index (κ3) is 4.82. The van der Waals surface area contributed by atoms with Crippen LogP contribution in [0.1, 0.15) is 19.6 Å². The topological polar surface area (TPSA) is 104 Å². The fourth-order valence-corrected chi connectivity index (χ4v) is 3.51. The molecule has 0 bridgehead atoms. The first kappa shape index (κ1) is 21.4. The van der Waals surface area contributed by atoms with Crippen LogP contribution >= 0.6 is 11.8 Å². The molecule has 10 heteroatoms. The Morgan fingerprint density at radius 3 is 2.70 bits per heavy atom. The molecule has 0 saturated heterocycles. The number of hydrazone groups is 1. The van der Waals surface area contributed by atoms with Crippen molar-refractivity contribution in [3.05, 3.63) is 42.4 Å². The van der Waals surface area contributed by atoms with Gasteiger partial charge in [0.25, 0.3) is 5.91 Å². The van der Waals surface area contributed by atoms with E-state index in [2.05, 4.69) is 20.7 Å². The fourth-order valence-electron chi connectivity index (χ4n) is 2.72. The first-order valence-corrected chi connectivity index (χ1v) is 10.2. The second kappa shape index (κ2) is 9.97. The summed E-state index contributed by atoms with van der Waals surface area (Å²) in [6.07, 6.45) is 1.56. The van der Waals surface area contributed by atoms with E-state index in [-0.39, 0.29) is 11.7 Å². The zero-order valence-corrected chi connectivity index (χ0v) is 18.0. The molecule has 30 heavy (non-hydrogen) atoms. The van der Waals surface area contributed by atoms with Crippen LogP contribution in [0.5, 0.6) is 11.5 Å². The molecule has 3 rings (SSSR count). The van der Waals surface area contributed by atoms with Crippen molar-refractivity contribution in [2.75, 3.05) is 20.0 Å². The van der Waals surface area contributed by atoms with Crippen molar-refractivity contribution in [3.63, 3.8) is 0 Å². The molecule has 0 aliphatic rings. The summed E-state index contributed by atoms with van der Waals surface area (Å²) in [7, 11) is 3.17. The highest BCUT2D eigenvalue weighted by molar-refractivity contribution is 7.99. The van der Waals surface area contributed by atoms with Gasteiger partial charge in [-0.15, -0.1) is 10.2 Å².